The molecule has 0 N–H and O–H groups in total. The average molecular weight is 552 g/mol. The maximum absolute atomic E-state index is 12.6. The van der Waals surface area contributed by atoms with E-state index >= 15 is 0 Å². The number of aryl methyl sites for hydroxylation is 2. The number of carbonyl (C=O) groups excluding carboxylic acids is 4. The van der Waals surface area contributed by atoms with Crippen molar-refractivity contribution < 1.29 is 19.2 Å². The maximum Gasteiger partial charge on any atom is 0.266 e. The van der Waals surface area contributed by atoms with Gasteiger partial charge < -0.3 is 0 Å². The highest BCUT2D eigenvalue weighted by molar-refractivity contribution is 6.35. The van der Waals surface area contributed by atoms with Crippen LogP contribution < -0.4 is 9.80 Å². The minimum Gasteiger partial charge on any atom is -0.274 e. The Morgan fingerprint density at radius 2 is 0.902 bits per heavy atom. The lowest BCUT2D eigenvalue weighted by atomic mass is 9.76. The predicted molar refractivity (Wildman–Crippen MR) is 160 cm³/mol. The van der Waals surface area contributed by atoms with Gasteiger partial charge in [-0.2, -0.15) is 0 Å². The number of pyridine rings is 1. The average Bonchev–Trinajstić information content (AvgIpc) is 3.26. The van der Waals surface area contributed by atoms with Gasteiger partial charge in [-0.25, -0.2) is 9.80 Å². The molecular weight excluding hydrogens is 514 g/mol. The molecule has 0 spiro atoms. The number of carbonyl (C=O) groups is 4. The summed E-state index contributed by atoms with van der Waals surface area (Å²) in [5.74, 6) is -0.592. The molecule has 0 radical (unpaired) electrons. The lowest BCUT2D eigenvalue weighted by Gasteiger charge is -2.24. The van der Waals surface area contributed by atoms with Gasteiger partial charge in [0.25, 0.3) is 11.8 Å². The molecule has 7 heteroatoms. The topological polar surface area (TPSA) is 87.7 Å². The smallest absolute Gasteiger partial charge is 0.266 e. The largest absolute Gasteiger partial charge is 0.274 e. The minimum absolute atomic E-state index is 0.0140. The fraction of sp³-hybridized carbons (Fsp3) is 0.382. The first-order valence-corrected chi connectivity index (χ1v) is 14.2. The van der Waals surface area contributed by atoms with Crippen molar-refractivity contribution in [3.63, 3.8) is 0 Å². The number of anilines is 2. The molecule has 2 fully saturated rings. The molecule has 1 saturated carbocycles. The second kappa shape index (κ2) is 10.1. The quantitative estimate of drug-likeness (QED) is 0.352. The molecule has 3 aliphatic rings. The molecule has 3 aromatic rings. The first-order chi connectivity index (χ1) is 19.3. The fourth-order valence-electron chi connectivity index (χ4n) is 6.34. The van der Waals surface area contributed by atoms with Crippen LogP contribution in [0, 0.1) is 74.1 Å². The summed E-state index contributed by atoms with van der Waals surface area (Å²) in [5, 5.41) is 0. The van der Waals surface area contributed by atoms with E-state index in [-0.39, 0.29) is 35.5 Å². The van der Waals surface area contributed by atoms with Crippen molar-refractivity contribution in [2.24, 2.45) is 11.8 Å². The van der Waals surface area contributed by atoms with E-state index in [2.05, 4.69) is 25.8 Å². The number of aromatic nitrogens is 1. The van der Waals surface area contributed by atoms with E-state index in [0.717, 1.165) is 52.2 Å². The zero-order chi connectivity index (χ0) is 30.1. The standard InChI is InChI=1S/C17H16N2O2.C17H21NO2/c1-9-11(3)18-12(4)10(2)15(9)19-16(20)13-7-5-6-8-14(13)17(19)21;1-8-9(2)11(4)15(12(5)10(8)3)18-16(19)13-6-7-14(13)17(18)20/h5-8H,1-4H3;13-14H,6-7H2,1-5H3. The van der Waals surface area contributed by atoms with Gasteiger partial charge in [0.05, 0.1) is 34.3 Å². The third-order valence-corrected chi connectivity index (χ3v) is 9.68. The van der Waals surface area contributed by atoms with Gasteiger partial charge in [0, 0.05) is 11.4 Å². The molecule has 3 heterocycles. The van der Waals surface area contributed by atoms with Crippen LogP contribution in [0.1, 0.15) is 83.9 Å². The van der Waals surface area contributed by atoms with Crippen LogP contribution in [0.15, 0.2) is 24.3 Å². The van der Waals surface area contributed by atoms with E-state index in [4.69, 9.17) is 0 Å². The highest BCUT2D eigenvalue weighted by Crippen LogP contribution is 2.46. The summed E-state index contributed by atoms with van der Waals surface area (Å²) in [5.41, 5.74) is 11.6. The first-order valence-electron chi connectivity index (χ1n) is 14.2. The maximum atomic E-state index is 12.6. The molecule has 0 bridgehead atoms. The number of hydrogen-bond donors (Lipinski definition) is 0. The van der Waals surface area contributed by atoms with E-state index in [1.165, 1.54) is 26.5 Å². The number of rotatable bonds is 2. The van der Waals surface area contributed by atoms with Gasteiger partial charge in [-0.3, -0.25) is 24.2 Å². The van der Waals surface area contributed by atoms with E-state index < -0.39 is 0 Å². The van der Waals surface area contributed by atoms with E-state index in [1.807, 2.05) is 41.5 Å². The molecule has 41 heavy (non-hydrogen) atoms. The molecule has 2 aromatic carbocycles. The first kappa shape index (κ1) is 28.4. The molecule has 2 aliphatic heterocycles. The van der Waals surface area contributed by atoms with Gasteiger partial charge in [-0.15, -0.1) is 0 Å². The summed E-state index contributed by atoms with van der Waals surface area (Å²) in [6.07, 6.45) is 1.74. The van der Waals surface area contributed by atoms with Crippen LogP contribution in [-0.2, 0) is 9.59 Å². The Bertz CT molecular complexity index is 1570. The Balaban J connectivity index is 0.000000165. The third-order valence-electron chi connectivity index (χ3n) is 9.68. The van der Waals surface area contributed by atoms with Crippen LogP contribution >= 0.6 is 0 Å². The molecule has 4 amide bonds. The van der Waals surface area contributed by atoms with Gasteiger partial charge in [0.1, 0.15) is 0 Å². The van der Waals surface area contributed by atoms with Gasteiger partial charge in [-0.1, -0.05) is 12.1 Å². The molecule has 2 atom stereocenters. The van der Waals surface area contributed by atoms with E-state index in [0.29, 0.717) is 16.8 Å². The summed E-state index contributed by atoms with van der Waals surface area (Å²) >= 11 is 0. The van der Waals surface area contributed by atoms with Gasteiger partial charge in [0.2, 0.25) is 11.8 Å². The number of fused-ring (bicyclic) bond motifs is 2. The Hall–Kier alpha value is -4.13. The Morgan fingerprint density at radius 1 is 0.537 bits per heavy atom. The zero-order valence-corrected chi connectivity index (χ0v) is 25.4. The van der Waals surface area contributed by atoms with Gasteiger partial charge >= 0.3 is 0 Å². The van der Waals surface area contributed by atoms with Crippen LogP contribution in [-0.4, -0.2) is 28.6 Å². The summed E-state index contributed by atoms with van der Waals surface area (Å²) < 4.78 is 0. The van der Waals surface area contributed by atoms with E-state index in [9.17, 15) is 19.2 Å². The van der Waals surface area contributed by atoms with Crippen LogP contribution in [0.5, 0.6) is 0 Å². The van der Waals surface area contributed by atoms with Crippen LogP contribution in [0.4, 0.5) is 11.4 Å². The molecule has 1 aliphatic carbocycles. The van der Waals surface area contributed by atoms with Gasteiger partial charge in [0.15, 0.2) is 0 Å². The monoisotopic (exact) mass is 551 g/mol. The molecule has 2 unspecified atom stereocenters. The van der Waals surface area contributed by atoms with Crippen molar-refractivity contribution in [1.29, 1.82) is 0 Å². The van der Waals surface area contributed by atoms with Crippen molar-refractivity contribution in [3.8, 4) is 0 Å². The summed E-state index contributed by atoms with van der Waals surface area (Å²) in [6, 6.07) is 6.94. The second-order valence-corrected chi connectivity index (χ2v) is 11.6. The van der Waals surface area contributed by atoms with Gasteiger partial charge in [-0.05, 0) is 126 Å². The van der Waals surface area contributed by atoms with Crippen molar-refractivity contribution >= 4 is 35.0 Å². The number of amides is 4. The molecule has 212 valence electrons. The molecular formula is C34H37N3O4. The lowest BCUT2D eigenvalue weighted by Crippen LogP contribution is -2.32. The third kappa shape index (κ3) is 4.13. The summed E-state index contributed by atoms with van der Waals surface area (Å²) in [7, 11) is 0. The number of hydrogen-bond acceptors (Lipinski definition) is 5. The van der Waals surface area contributed by atoms with Crippen molar-refractivity contribution in [2.45, 2.75) is 75.2 Å². The number of imide groups is 2. The zero-order valence-electron chi connectivity index (χ0n) is 25.4. The highest BCUT2D eigenvalue weighted by atomic mass is 16.2. The van der Waals surface area contributed by atoms with Crippen molar-refractivity contribution in [3.05, 3.63) is 85.7 Å². The molecule has 6 rings (SSSR count). The Morgan fingerprint density at radius 3 is 1.29 bits per heavy atom. The second-order valence-electron chi connectivity index (χ2n) is 11.6. The van der Waals surface area contributed by atoms with Crippen molar-refractivity contribution in [1.82, 2.24) is 4.98 Å². The Kier molecular flexibility index (Phi) is 6.96. The lowest BCUT2D eigenvalue weighted by molar-refractivity contribution is -0.123. The van der Waals surface area contributed by atoms with Crippen molar-refractivity contribution in [2.75, 3.05) is 9.80 Å². The number of benzene rings is 2. The van der Waals surface area contributed by atoms with Crippen LogP contribution in [0.2, 0.25) is 0 Å². The minimum atomic E-state index is -0.258. The van der Waals surface area contributed by atoms with Crippen LogP contribution in [0.25, 0.3) is 0 Å². The SMILES string of the molecule is Cc1c(C)c(C)c(N2C(=O)C3CCC3C2=O)c(C)c1C.Cc1nc(C)c(C)c(N2C(=O)c3ccccc3C2=O)c1C. The fourth-order valence-corrected chi connectivity index (χ4v) is 6.34. The Labute approximate surface area is 241 Å². The highest BCUT2D eigenvalue weighted by Gasteiger charge is 2.53. The van der Waals surface area contributed by atoms with E-state index in [1.54, 1.807) is 24.3 Å². The summed E-state index contributed by atoms with van der Waals surface area (Å²) in [4.78, 5) is 57.5. The van der Waals surface area contributed by atoms with Crippen LogP contribution in [0.3, 0.4) is 0 Å². The molecule has 1 saturated heterocycles. The molecule has 1 aromatic heterocycles. The predicted octanol–water partition coefficient (Wildman–Crippen LogP) is 6.24. The normalized spacial score (nSPS) is 19.2. The molecule has 7 nitrogen and oxygen atoms in total. The number of nitrogens with zero attached hydrogens (tertiary/aromatic N) is 3. The summed E-state index contributed by atoms with van der Waals surface area (Å²) in [6.45, 7) is 17.9.